The summed E-state index contributed by atoms with van der Waals surface area (Å²) in [5, 5.41) is 7.01. The van der Waals surface area contributed by atoms with Crippen LogP contribution in [0.25, 0.3) is 5.69 Å². The summed E-state index contributed by atoms with van der Waals surface area (Å²) in [4.78, 5) is 35.3. The van der Waals surface area contributed by atoms with Gasteiger partial charge in [-0.3, -0.25) is 9.69 Å². The number of nitrogens with zero attached hydrogens (tertiary/aromatic N) is 5. The fraction of sp³-hybridized carbons (Fsp3) is 0.258. The third-order valence-electron chi connectivity index (χ3n) is 6.80. The maximum absolute atomic E-state index is 15.0. The second-order valence-electron chi connectivity index (χ2n) is 10.5. The minimum atomic E-state index is -4.78. The van der Waals surface area contributed by atoms with E-state index in [0.29, 0.717) is 35.6 Å². The van der Waals surface area contributed by atoms with Gasteiger partial charge in [-0.2, -0.15) is 10.1 Å². The lowest BCUT2D eigenvalue weighted by Gasteiger charge is -2.22. The summed E-state index contributed by atoms with van der Waals surface area (Å²) in [6.45, 7) is 5.96. The van der Waals surface area contributed by atoms with Crippen molar-refractivity contribution in [2.45, 2.75) is 45.9 Å². The summed E-state index contributed by atoms with van der Waals surface area (Å²) >= 11 is 1.14. The number of nitrogens with one attached hydrogen (secondary N) is 1. The van der Waals surface area contributed by atoms with Crippen molar-refractivity contribution >= 4 is 40.2 Å². The van der Waals surface area contributed by atoms with Crippen molar-refractivity contribution in [1.82, 2.24) is 14.8 Å². The van der Waals surface area contributed by atoms with Crippen LogP contribution in [0.1, 0.15) is 42.3 Å². The highest BCUT2D eigenvalue weighted by molar-refractivity contribution is 8.15. The molecular weight excluding hydrogens is 612 g/mol. The van der Waals surface area contributed by atoms with Crippen LogP contribution >= 0.6 is 11.8 Å². The molecule has 0 unspecified atom stereocenters. The summed E-state index contributed by atoms with van der Waals surface area (Å²) in [7, 11) is 0. The molecule has 3 amide bonds. The number of urea groups is 1. The van der Waals surface area contributed by atoms with Crippen LogP contribution in [-0.2, 0) is 17.6 Å². The fourth-order valence-corrected chi connectivity index (χ4v) is 5.51. The molecule has 1 aliphatic heterocycles. The zero-order chi connectivity index (χ0) is 32.3. The van der Waals surface area contributed by atoms with Crippen molar-refractivity contribution < 1.29 is 31.9 Å². The standard InChI is InChI=1S/C31H28F4N6O3S/c1-18(2)23-11-4-19(3)14-26(23)41-28(42)16-45-30(41)38-29(43)37-25-12-5-20(15-24(25)32)6-13-27-36-17-40(39-27)21-7-9-22(10-8-21)44-31(33,34)35/h4-5,7-12,14-15,17-18H,6,13,16H2,1-3H3,(H,37,43)/b38-30-. The topological polar surface area (TPSA) is 102 Å². The lowest BCUT2D eigenvalue weighted by atomic mass is 9.99. The Morgan fingerprint density at radius 2 is 1.84 bits per heavy atom. The largest absolute Gasteiger partial charge is 0.573 e. The maximum Gasteiger partial charge on any atom is 0.573 e. The van der Waals surface area contributed by atoms with Crippen LogP contribution in [0, 0.1) is 12.7 Å². The van der Waals surface area contributed by atoms with Gasteiger partial charge in [0.05, 0.1) is 22.8 Å². The van der Waals surface area contributed by atoms with E-state index in [1.807, 2.05) is 39.0 Å². The van der Waals surface area contributed by atoms with E-state index in [9.17, 15) is 27.2 Å². The van der Waals surface area contributed by atoms with E-state index >= 15 is 0 Å². The second kappa shape index (κ2) is 13.1. The summed E-state index contributed by atoms with van der Waals surface area (Å²) < 4.78 is 57.4. The number of carbonyl (C=O) groups excluding carboxylic acids is 2. The number of aliphatic imine (C=N–C) groups is 1. The molecule has 0 saturated carbocycles. The molecule has 0 spiro atoms. The molecule has 0 radical (unpaired) electrons. The first-order valence-corrected chi connectivity index (χ1v) is 14.9. The number of anilines is 2. The summed E-state index contributed by atoms with van der Waals surface area (Å²) in [5.41, 5.74) is 3.64. The SMILES string of the molecule is Cc1ccc(C(C)C)c(N2C(=O)CS/C2=N\C(=O)Nc2ccc(CCc3ncn(-c4ccc(OC(F)(F)F)cc4)n3)cc2F)c1. The van der Waals surface area contributed by atoms with Gasteiger partial charge in [0.25, 0.3) is 0 Å². The normalized spacial score (nSPS) is 14.4. The number of rotatable bonds is 8. The number of thioether (sulfide) groups is 1. The Bertz CT molecular complexity index is 1750. The number of amidine groups is 1. The molecule has 234 valence electrons. The molecule has 1 N–H and O–H groups in total. The van der Waals surface area contributed by atoms with Gasteiger partial charge >= 0.3 is 12.4 Å². The lowest BCUT2D eigenvalue weighted by Crippen LogP contribution is -2.31. The first kappa shape index (κ1) is 31.7. The molecule has 1 saturated heterocycles. The maximum atomic E-state index is 15.0. The number of halogens is 4. The first-order chi connectivity index (χ1) is 21.4. The van der Waals surface area contributed by atoms with Gasteiger partial charge in [-0.15, -0.1) is 13.2 Å². The van der Waals surface area contributed by atoms with Gasteiger partial charge in [0.15, 0.2) is 11.0 Å². The molecule has 1 aliphatic rings. The number of alkyl halides is 3. The number of aryl methyl sites for hydroxylation is 3. The highest BCUT2D eigenvalue weighted by atomic mass is 32.2. The van der Waals surface area contributed by atoms with Gasteiger partial charge < -0.3 is 10.1 Å². The smallest absolute Gasteiger partial charge is 0.406 e. The molecule has 0 bridgehead atoms. The predicted octanol–water partition coefficient (Wildman–Crippen LogP) is 7.19. The molecule has 45 heavy (non-hydrogen) atoms. The van der Waals surface area contributed by atoms with E-state index in [1.54, 1.807) is 6.07 Å². The van der Waals surface area contributed by atoms with Crippen molar-refractivity contribution in [2.24, 2.45) is 4.99 Å². The van der Waals surface area contributed by atoms with Crippen LogP contribution < -0.4 is 15.0 Å². The number of amides is 3. The van der Waals surface area contributed by atoms with Crippen molar-refractivity contribution in [3.8, 4) is 11.4 Å². The van der Waals surface area contributed by atoms with Crippen LogP contribution in [0.3, 0.4) is 0 Å². The van der Waals surface area contributed by atoms with Crippen LogP contribution in [0.2, 0.25) is 0 Å². The Kier molecular flexibility index (Phi) is 9.23. The molecule has 9 nitrogen and oxygen atoms in total. The number of hydrogen-bond donors (Lipinski definition) is 1. The van der Waals surface area contributed by atoms with Crippen LogP contribution in [0.4, 0.5) is 33.7 Å². The van der Waals surface area contributed by atoms with Gasteiger partial charge in [0.1, 0.15) is 17.9 Å². The van der Waals surface area contributed by atoms with E-state index in [2.05, 4.69) is 25.1 Å². The van der Waals surface area contributed by atoms with E-state index in [0.717, 1.165) is 22.9 Å². The molecule has 3 aromatic carbocycles. The molecule has 14 heteroatoms. The number of aromatic nitrogens is 3. The average Bonchev–Trinajstić information content (AvgIpc) is 3.59. The number of ether oxygens (including phenoxy) is 1. The third-order valence-corrected chi connectivity index (χ3v) is 7.72. The Labute approximate surface area is 260 Å². The van der Waals surface area contributed by atoms with Crippen molar-refractivity contribution in [2.75, 3.05) is 16.0 Å². The molecular formula is C31H28F4N6O3S. The molecule has 0 aliphatic carbocycles. The Hall–Kier alpha value is -4.72. The number of carbonyl (C=O) groups is 2. The van der Waals surface area contributed by atoms with Crippen molar-refractivity contribution in [1.29, 1.82) is 0 Å². The zero-order valence-corrected chi connectivity index (χ0v) is 25.2. The highest BCUT2D eigenvalue weighted by Gasteiger charge is 2.33. The van der Waals surface area contributed by atoms with E-state index < -0.39 is 18.2 Å². The average molecular weight is 641 g/mol. The monoisotopic (exact) mass is 640 g/mol. The minimum Gasteiger partial charge on any atom is -0.406 e. The van der Waals surface area contributed by atoms with E-state index in [1.165, 1.54) is 52.3 Å². The van der Waals surface area contributed by atoms with Gasteiger partial charge in [0, 0.05) is 6.42 Å². The van der Waals surface area contributed by atoms with E-state index in [-0.39, 0.29) is 34.2 Å². The predicted molar refractivity (Wildman–Crippen MR) is 164 cm³/mol. The number of benzene rings is 3. The van der Waals surface area contributed by atoms with Crippen molar-refractivity contribution in [3.05, 3.63) is 95.3 Å². The van der Waals surface area contributed by atoms with Crippen LogP contribution in [0.5, 0.6) is 5.75 Å². The molecule has 1 aromatic heterocycles. The zero-order valence-electron chi connectivity index (χ0n) is 24.4. The van der Waals surface area contributed by atoms with Crippen LogP contribution in [0.15, 0.2) is 72.0 Å². The Balaban J connectivity index is 1.21. The third kappa shape index (κ3) is 7.87. The van der Waals surface area contributed by atoms with Crippen LogP contribution in [-0.4, -0.2) is 44.0 Å². The summed E-state index contributed by atoms with van der Waals surface area (Å²) in [5.74, 6) is -0.484. The first-order valence-electron chi connectivity index (χ1n) is 13.9. The number of hydrogen-bond acceptors (Lipinski definition) is 6. The second-order valence-corrected chi connectivity index (χ2v) is 11.5. The highest BCUT2D eigenvalue weighted by Crippen LogP contribution is 2.34. The molecule has 5 rings (SSSR count). The fourth-order valence-electron chi connectivity index (χ4n) is 4.66. The Morgan fingerprint density at radius 1 is 1.09 bits per heavy atom. The molecule has 0 atom stereocenters. The van der Waals surface area contributed by atoms with E-state index in [4.69, 9.17) is 0 Å². The van der Waals surface area contributed by atoms with Crippen molar-refractivity contribution in [3.63, 3.8) is 0 Å². The quantitative estimate of drug-likeness (QED) is 0.205. The molecule has 4 aromatic rings. The summed E-state index contributed by atoms with van der Waals surface area (Å²) in [6.07, 6.45) is -2.61. The van der Waals surface area contributed by atoms with Gasteiger partial charge in [-0.05, 0) is 78.4 Å². The van der Waals surface area contributed by atoms with Gasteiger partial charge in [-0.25, -0.2) is 18.9 Å². The molecule has 1 fully saturated rings. The minimum absolute atomic E-state index is 0.0623. The summed E-state index contributed by atoms with van der Waals surface area (Å²) in [6, 6.07) is 14.6. The Morgan fingerprint density at radius 3 is 2.53 bits per heavy atom. The van der Waals surface area contributed by atoms with Gasteiger partial charge in [-0.1, -0.05) is 43.8 Å². The lowest BCUT2D eigenvalue weighted by molar-refractivity contribution is -0.274. The molecule has 2 heterocycles. The van der Waals surface area contributed by atoms with Gasteiger partial charge in [0.2, 0.25) is 5.91 Å².